The Bertz CT molecular complexity index is 1560. The van der Waals surface area contributed by atoms with E-state index < -0.39 is 58.7 Å². The van der Waals surface area contributed by atoms with Crippen molar-refractivity contribution in [1.82, 2.24) is 34.9 Å². The van der Waals surface area contributed by atoms with Crippen LogP contribution >= 0.6 is 0 Å². The molecule has 248 valence electrons. The minimum atomic E-state index is -1.49. The van der Waals surface area contributed by atoms with E-state index in [1.165, 1.54) is 40.0 Å². The Kier molecular flexibility index (Phi) is 9.22. The van der Waals surface area contributed by atoms with E-state index in [1.54, 1.807) is 27.0 Å². The fraction of sp³-hybridized carbons (Fsp3) is 0.581. The lowest BCUT2D eigenvalue weighted by atomic mass is 10.0. The number of nitrogens with one attached hydrogen (secondary N) is 2. The lowest BCUT2D eigenvalue weighted by molar-refractivity contribution is -0.145. The summed E-state index contributed by atoms with van der Waals surface area (Å²) in [4.78, 5) is 72.5. The molecule has 4 heterocycles. The van der Waals surface area contributed by atoms with Gasteiger partial charge in [-0.05, 0) is 46.5 Å². The fourth-order valence-corrected chi connectivity index (χ4v) is 6.19. The normalized spacial score (nSPS) is 27.7. The molecule has 5 rings (SSSR count). The summed E-state index contributed by atoms with van der Waals surface area (Å²) in [6.07, 6.45) is 12.3. The number of carbonyl (C=O) groups excluding carboxylic acids is 3. The van der Waals surface area contributed by atoms with Gasteiger partial charge >= 0.3 is 12.1 Å². The molecular weight excluding hydrogens is 598 g/mol. The molecule has 1 aliphatic carbocycles. The van der Waals surface area contributed by atoms with E-state index in [9.17, 15) is 29.1 Å². The van der Waals surface area contributed by atoms with E-state index in [0.29, 0.717) is 12.8 Å². The minimum absolute atomic E-state index is 0.0183. The molecule has 2 aromatic heterocycles. The highest BCUT2D eigenvalue weighted by Crippen LogP contribution is 2.45. The van der Waals surface area contributed by atoms with Gasteiger partial charge in [-0.25, -0.2) is 19.3 Å². The van der Waals surface area contributed by atoms with Crippen LogP contribution in [0.2, 0.25) is 0 Å². The predicted octanol–water partition coefficient (Wildman–Crippen LogP) is 1.95. The summed E-state index contributed by atoms with van der Waals surface area (Å²) in [5, 5.41) is 19.8. The van der Waals surface area contributed by atoms with Gasteiger partial charge in [0.15, 0.2) is 11.4 Å². The number of ether oxygens (including phenoxy) is 2. The van der Waals surface area contributed by atoms with Crippen molar-refractivity contribution < 1.29 is 33.8 Å². The van der Waals surface area contributed by atoms with Crippen molar-refractivity contribution >= 4 is 23.9 Å². The third kappa shape index (κ3) is 6.77. The van der Waals surface area contributed by atoms with Crippen LogP contribution in [-0.4, -0.2) is 90.1 Å². The Morgan fingerprint density at radius 2 is 1.96 bits per heavy atom. The molecule has 0 radical (unpaired) electrons. The van der Waals surface area contributed by atoms with Crippen LogP contribution in [0.25, 0.3) is 5.69 Å². The van der Waals surface area contributed by atoms with Crippen LogP contribution in [0, 0.1) is 5.92 Å². The summed E-state index contributed by atoms with van der Waals surface area (Å²) in [5.41, 5.74) is -2.67. The quantitative estimate of drug-likeness (QED) is 0.408. The zero-order valence-electron chi connectivity index (χ0n) is 26.5. The lowest BCUT2D eigenvalue weighted by Gasteiger charge is -2.30. The largest absolute Gasteiger partial charge is 0.493 e. The number of methoxy groups -OCH3 is 1. The lowest BCUT2D eigenvalue weighted by Crippen LogP contribution is -2.56. The van der Waals surface area contributed by atoms with Crippen molar-refractivity contribution in [2.75, 3.05) is 13.7 Å². The first-order chi connectivity index (χ1) is 21.8. The molecule has 0 aromatic carbocycles. The SMILES string of the molecule is COc1cnn([C@@H]2C[C@H]3C(=O)N[C@]4(C(=O)O)CC4/C=C\CCCCC[C@H](NC(=O)OC(C)(C)C)C(=O)N3C2)c(=O)c1-n1ccnc1. The number of nitrogens with zero attached hydrogens (tertiary/aromatic N) is 5. The second kappa shape index (κ2) is 13.0. The Morgan fingerprint density at radius 3 is 2.63 bits per heavy atom. The molecule has 5 atom stereocenters. The molecule has 2 aliphatic heterocycles. The van der Waals surface area contributed by atoms with E-state index in [1.807, 2.05) is 12.2 Å². The van der Waals surface area contributed by atoms with Crippen molar-refractivity contribution in [2.45, 2.75) is 95.0 Å². The number of alkyl carbamates (subject to hydrolysis) is 1. The molecule has 2 fully saturated rings. The summed E-state index contributed by atoms with van der Waals surface area (Å²) in [6.45, 7) is 5.05. The van der Waals surface area contributed by atoms with E-state index in [2.05, 4.69) is 20.7 Å². The Morgan fingerprint density at radius 1 is 1.17 bits per heavy atom. The summed E-state index contributed by atoms with van der Waals surface area (Å²) in [7, 11) is 1.41. The molecule has 1 saturated carbocycles. The first-order valence-corrected chi connectivity index (χ1v) is 15.5. The molecule has 46 heavy (non-hydrogen) atoms. The summed E-state index contributed by atoms with van der Waals surface area (Å²) < 4.78 is 13.5. The topological polar surface area (TPSA) is 187 Å². The van der Waals surface area contributed by atoms with Gasteiger partial charge in [-0.2, -0.15) is 5.10 Å². The Balaban J connectivity index is 1.51. The number of carbonyl (C=O) groups is 4. The Labute approximate surface area is 265 Å². The fourth-order valence-electron chi connectivity index (χ4n) is 6.19. The van der Waals surface area contributed by atoms with Gasteiger partial charge in [0.1, 0.15) is 23.2 Å². The highest BCUT2D eigenvalue weighted by atomic mass is 16.6. The number of hydrogen-bond acceptors (Lipinski definition) is 9. The van der Waals surface area contributed by atoms with Crippen LogP contribution in [0.1, 0.15) is 71.8 Å². The first kappa shape index (κ1) is 32.7. The number of aliphatic carboxylic acids is 1. The third-order valence-corrected chi connectivity index (χ3v) is 8.60. The number of hydrogen-bond donors (Lipinski definition) is 3. The second-order valence-electron chi connectivity index (χ2n) is 13.0. The van der Waals surface area contributed by atoms with E-state index in [-0.39, 0.29) is 36.7 Å². The second-order valence-corrected chi connectivity index (χ2v) is 13.0. The number of aromatic nitrogens is 4. The molecular formula is C31H41N7O8. The summed E-state index contributed by atoms with van der Waals surface area (Å²) in [6, 6.07) is -2.91. The molecule has 3 N–H and O–H groups in total. The Hall–Kier alpha value is -4.69. The smallest absolute Gasteiger partial charge is 0.408 e. The number of amides is 3. The molecule has 3 aliphatic rings. The van der Waals surface area contributed by atoms with Gasteiger partial charge in [-0.1, -0.05) is 25.0 Å². The molecule has 0 spiro atoms. The zero-order chi connectivity index (χ0) is 33.2. The number of imidazole rings is 1. The van der Waals surface area contributed by atoms with Gasteiger partial charge in [0.25, 0.3) is 5.56 Å². The van der Waals surface area contributed by atoms with Crippen LogP contribution < -0.4 is 20.9 Å². The average molecular weight is 640 g/mol. The molecule has 15 nitrogen and oxygen atoms in total. The van der Waals surface area contributed by atoms with Gasteiger partial charge in [-0.3, -0.25) is 19.0 Å². The van der Waals surface area contributed by atoms with Gasteiger partial charge < -0.3 is 30.1 Å². The summed E-state index contributed by atoms with van der Waals surface area (Å²) >= 11 is 0. The molecule has 2 aromatic rings. The highest BCUT2D eigenvalue weighted by Gasteiger charge is 2.61. The summed E-state index contributed by atoms with van der Waals surface area (Å²) in [5.74, 6) is -2.52. The van der Waals surface area contributed by atoms with Gasteiger partial charge in [0, 0.05) is 31.3 Å². The number of carboxylic acids is 1. The maximum atomic E-state index is 14.2. The standard InChI is InChI=1S/C31H41N7O8/c1-30(2,3)46-29(44)34-21-11-9-7-5-6-8-10-19-15-31(19,28(42)43)35-25(39)22-14-20(17-37(22)26(21)40)38-27(41)24(23(45-4)16-33-38)36-13-12-32-18-36/h8,10,12-13,16,18-22H,5-7,9,11,14-15,17H2,1-4H3,(H,34,44)(H,35,39)(H,42,43)/b10-8-/t19?,20-,21+,22+,31-/m1/s1. The van der Waals surface area contributed by atoms with Crippen LogP contribution in [0.3, 0.4) is 0 Å². The van der Waals surface area contributed by atoms with E-state index in [0.717, 1.165) is 19.3 Å². The molecule has 3 amide bonds. The number of allylic oxidation sites excluding steroid dienone is 1. The van der Waals surface area contributed by atoms with Crippen LogP contribution in [0.4, 0.5) is 4.79 Å². The molecule has 0 bridgehead atoms. The highest BCUT2D eigenvalue weighted by molar-refractivity contribution is 5.96. The number of carboxylic acid groups (broad SMARTS) is 1. The van der Waals surface area contributed by atoms with Gasteiger partial charge in [0.2, 0.25) is 11.8 Å². The number of rotatable bonds is 5. The van der Waals surface area contributed by atoms with Crippen molar-refractivity contribution in [3.05, 3.63) is 47.4 Å². The van der Waals surface area contributed by atoms with Gasteiger partial charge in [-0.15, -0.1) is 0 Å². The van der Waals surface area contributed by atoms with Gasteiger partial charge in [0.05, 0.1) is 25.7 Å². The molecule has 15 heteroatoms. The minimum Gasteiger partial charge on any atom is -0.493 e. The van der Waals surface area contributed by atoms with Crippen molar-refractivity contribution in [3.8, 4) is 11.4 Å². The van der Waals surface area contributed by atoms with Crippen LogP contribution in [0.15, 0.2) is 41.9 Å². The molecule has 1 unspecified atom stereocenters. The van der Waals surface area contributed by atoms with Crippen molar-refractivity contribution in [3.63, 3.8) is 0 Å². The zero-order valence-corrected chi connectivity index (χ0v) is 26.5. The molecule has 1 saturated heterocycles. The average Bonchev–Trinajstić information content (AvgIpc) is 3.30. The van der Waals surface area contributed by atoms with Crippen LogP contribution in [0.5, 0.6) is 5.75 Å². The van der Waals surface area contributed by atoms with Crippen molar-refractivity contribution in [1.29, 1.82) is 0 Å². The maximum absolute atomic E-state index is 14.2. The predicted molar refractivity (Wildman–Crippen MR) is 163 cm³/mol. The third-order valence-electron chi connectivity index (χ3n) is 8.60. The van der Waals surface area contributed by atoms with Crippen LogP contribution in [-0.2, 0) is 19.1 Å². The van der Waals surface area contributed by atoms with E-state index >= 15 is 0 Å². The monoisotopic (exact) mass is 639 g/mol. The maximum Gasteiger partial charge on any atom is 0.408 e. The van der Waals surface area contributed by atoms with Crippen molar-refractivity contribution in [2.24, 2.45) is 5.92 Å². The first-order valence-electron chi connectivity index (χ1n) is 15.5. The van der Waals surface area contributed by atoms with E-state index in [4.69, 9.17) is 9.47 Å². The number of fused-ring (bicyclic) bond motifs is 2.